The number of methoxy groups -OCH3 is 1. The Morgan fingerprint density at radius 3 is 2.37 bits per heavy atom. The lowest BCUT2D eigenvalue weighted by atomic mass is 10.1. The molecule has 9 heteroatoms. The molecule has 0 aliphatic heterocycles. The molecule has 2 aromatic carbocycles. The lowest BCUT2D eigenvalue weighted by Crippen LogP contribution is -2.24. The van der Waals surface area contributed by atoms with Gasteiger partial charge in [0.2, 0.25) is 11.8 Å². The van der Waals surface area contributed by atoms with E-state index >= 15 is 0 Å². The fraction of sp³-hybridized carbons (Fsp3) is 0.111. The molecule has 0 saturated heterocycles. The first-order valence-corrected chi connectivity index (χ1v) is 8.40. The predicted octanol–water partition coefficient (Wildman–Crippen LogP) is 3.26. The molecule has 0 unspecified atom stereocenters. The Morgan fingerprint density at radius 2 is 1.74 bits per heavy atom. The van der Waals surface area contributed by atoms with Crippen LogP contribution in [0.25, 0.3) is 0 Å². The van der Waals surface area contributed by atoms with Crippen molar-refractivity contribution in [3.8, 4) is 0 Å². The van der Waals surface area contributed by atoms with E-state index in [0.29, 0.717) is 26.9 Å². The van der Waals surface area contributed by atoms with Crippen molar-refractivity contribution < 1.29 is 19.1 Å². The fourth-order valence-electron chi connectivity index (χ4n) is 1.97. The average Bonchev–Trinajstić information content (AvgIpc) is 2.64. The van der Waals surface area contributed by atoms with Crippen molar-refractivity contribution in [1.82, 2.24) is 5.43 Å². The molecule has 0 spiro atoms. The number of carbonyl (C=O) groups is 3. The van der Waals surface area contributed by atoms with E-state index in [2.05, 4.69) is 20.6 Å². The minimum Gasteiger partial charge on any atom is -0.465 e. The molecule has 7 nitrogen and oxygen atoms in total. The predicted molar refractivity (Wildman–Crippen MR) is 103 cm³/mol. The third-order valence-electron chi connectivity index (χ3n) is 3.26. The van der Waals surface area contributed by atoms with Gasteiger partial charge in [0.05, 0.1) is 28.9 Å². The summed E-state index contributed by atoms with van der Waals surface area (Å²) in [5.41, 5.74) is 3.73. The number of anilines is 1. The molecule has 0 saturated carbocycles. The lowest BCUT2D eigenvalue weighted by molar-refractivity contribution is -0.126. The maximum absolute atomic E-state index is 11.8. The molecule has 0 atom stereocenters. The molecule has 0 radical (unpaired) electrons. The standard InChI is InChI=1S/C18H15Cl2N3O4/c1-27-18(26)12-4-2-11(3-5-12)10-21-23-17(25)9-16(24)22-13-6-7-14(19)15(20)8-13/h2-8,10H,9H2,1H3,(H,22,24)(H,23,25)/b21-10-. The highest BCUT2D eigenvalue weighted by atomic mass is 35.5. The van der Waals surface area contributed by atoms with Crippen LogP contribution in [-0.4, -0.2) is 31.1 Å². The monoisotopic (exact) mass is 407 g/mol. The Morgan fingerprint density at radius 1 is 1.04 bits per heavy atom. The van der Waals surface area contributed by atoms with Crippen molar-refractivity contribution in [2.75, 3.05) is 12.4 Å². The highest BCUT2D eigenvalue weighted by molar-refractivity contribution is 6.42. The average molecular weight is 408 g/mol. The van der Waals surface area contributed by atoms with Crippen molar-refractivity contribution in [3.63, 3.8) is 0 Å². The van der Waals surface area contributed by atoms with Gasteiger partial charge in [0.15, 0.2) is 0 Å². The van der Waals surface area contributed by atoms with Crippen LogP contribution in [0.15, 0.2) is 47.6 Å². The van der Waals surface area contributed by atoms with Crippen LogP contribution in [0.3, 0.4) is 0 Å². The molecule has 0 bridgehead atoms. The molecule has 2 rings (SSSR count). The highest BCUT2D eigenvalue weighted by Gasteiger charge is 2.10. The van der Waals surface area contributed by atoms with Crippen molar-refractivity contribution in [2.24, 2.45) is 5.10 Å². The summed E-state index contributed by atoms with van der Waals surface area (Å²) >= 11 is 11.7. The van der Waals surface area contributed by atoms with E-state index in [1.807, 2.05) is 0 Å². The third-order valence-corrected chi connectivity index (χ3v) is 4.00. The van der Waals surface area contributed by atoms with Gasteiger partial charge in [-0.05, 0) is 35.9 Å². The molecule has 0 aliphatic rings. The van der Waals surface area contributed by atoms with Crippen molar-refractivity contribution in [3.05, 3.63) is 63.6 Å². The minimum atomic E-state index is -0.588. The number of nitrogens with zero attached hydrogens (tertiary/aromatic N) is 1. The van der Waals surface area contributed by atoms with Gasteiger partial charge in [-0.1, -0.05) is 35.3 Å². The van der Waals surface area contributed by atoms with Gasteiger partial charge in [-0.15, -0.1) is 0 Å². The number of ether oxygens (including phenoxy) is 1. The van der Waals surface area contributed by atoms with Crippen molar-refractivity contribution >= 4 is 52.9 Å². The first kappa shape index (κ1) is 20.4. The second-order valence-electron chi connectivity index (χ2n) is 5.26. The number of hydrazone groups is 1. The van der Waals surface area contributed by atoms with E-state index in [0.717, 1.165) is 0 Å². The molecular formula is C18H15Cl2N3O4. The SMILES string of the molecule is COC(=O)c1ccc(/C=N\NC(=O)CC(=O)Nc2ccc(Cl)c(Cl)c2)cc1. The van der Waals surface area contributed by atoms with Crippen LogP contribution in [0.4, 0.5) is 5.69 Å². The van der Waals surface area contributed by atoms with Gasteiger partial charge in [0, 0.05) is 5.69 Å². The topological polar surface area (TPSA) is 96.9 Å². The second-order valence-corrected chi connectivity index (χ2v) is 6.08. The number of hydrogen-bond acceptors (Lipinski definition) is 5. The molecule has 27 heavy (non-hydrogen) atoms. The Balaban J connectivity index is 1.82. The van der Waals surface area contributed by atoms with Gasteiger partial charge < -0.3 is 10.1 Å². The van der Waals surface area contributed by atoms with Crippen molar-refractivity contribution in [1.29, 1.82) is 0 Å². The summed E-state index contributed by atoms with van der Waals surface area (Å²) in [5, 5.41) is 6.95. The first-order chi connectivity index (χ1) is 12.9. The molecule has 2 N–H and O–H groups in total. The molecule has 140 valence electrons. The summed E-state index contributed by atoms with van der Waals surface area (Å²) in [6.07, 6.45) is 0.967. The number of amides is 2. The minimum absolute atomic E-state index is 0.293. The van der Waals surface area contributed by atoms with E-state index < -0.39 is 24.2 Å². The maximum Gasteiger partial charge on any atom is 0.337 e. The van der Waals surface area contributed by atoms with Gasteiger partial charge in [-0.3, -0.25) is 9.59 Å². The van der Waals surface area contributed by atoms with Crippen LogP contribution in [0, 0.1) is 0 Å². The molecule has 2 amide bonds. The van der Waals surface area contributed by atoms with Crippen LogP contribution in [0.2, 0.25) is 10.0 Å². The Labute approximate surface area is 165 Å². The van der Waals surface area contributed by atoms with Crippen LogP contribution in [0.1, 0.15) is 22.3 Å². The number of carbonyl (C=O) groups excluding carboxylic acids is 3. The summed E-state index contributed by atoms with van der Waals surface area (Å²) in [6, 6.07) is 11.0. The zero-order valence-electron chi connectivity index (χ0n) is 14.2. The molecule has 0 heterocycles. The molecule has 0 aromatic heterocycles. The van der Waals surface area contributed by atoms with Crippen LogP contribution in [-0.2, 0) is 14.3 Å². The van der Waals surface area contributed by atoms with E-state index in [1.54, 1.807) is 30.3 Å². The molecule has 0 aliphatic carbocycles. The van der Waals surface area contributed by atoms with Crippen LogP contribution >= 0.6 is 23.2 Å². The van der Waals surface area contributed by atoms with E-state index in [9.17, 15) is 14.4 Å². The largest absolute Gasteiger partial charge is 0.465 e. The van der Waals surface area contributed by atoms with Crippen LogP contribution in [0.5, 0.6) is 0 Å². The maximum atomic E-state index is 11.8. The summed E-state index contributed by atoms with van der Waals surface area (Å²) < 4.78 is 4.60. The second kappa shape index (κ2) is 9.70. The lowest BCUT2D eigenvalue weighted by Gasteiger charge is -2.05. The number of benzene rings is 2. The molecular weight excluding hydrogens is 393 g/mol. The van der Waals surface area contributed by atoms with E-state index in [1.165, 1.54) is 25.5 Å². The Bertz CT molecular complexity index is 883. The number of hydrogen-bond donors (Lipinski definition) is 2. The van der Waals surface area contributed by atoms with Crippen molar-refractivity contribution in [2.45, 2.75) is 6.42 Å². The fourth-order valence-corrected chi connectivity index (χ4v) is 2.26. The van der Waals surface area contributed by atoms with E-state index in [4.69, 9.17) is 23.2 Å². The van der Waals surface area contributed by atoms with Gasteiger partial charge in [0.1, 0.15) is 6.42 Å². The quantitative estimate of drug-likeness (QED) is 0.332. The number of nitrogens with one attached hydrogen (secondary N) is 2. The zero-order valence-corrected chi connectivity index (χ0v) is 15.7. The summed E-state index contributed by atoms with van der Waals surface area (Å²) in [4.78, 5) is 34.9. The normalized spacial score (nSPS) is 10.5. The summed E-state index contributed by atoms with van der Waals surface area (Å²) in [7, 11) is 1.30. The molecule has 0 fully saturated rings. The zero-order chi connectivity index (χ0) is 19.8. The van der Waals surface area contributed by atoms with Gasteiger partial charge >= 0.3 is 5.97 Å². The summed E-state index contributed by atoms with van der Waals surface area (Å²) in [6.45, 7) is 0. The Kier molecular flexibility index (Phi) is 7.34. The molecule has 2 aromatic rings. The number of esters is 1. The third kappa shape index (κ3) is 6.40. The van der Waals surface area contributed by atoms with Gasteiger partial charge in [0.25, 0.3) is 0 Å². The highest BCUT2D eigenvalue weighted by Crippen LogP contribution is 2.24. The first-order valence-electron chi connectivity index (χ1n) is 7.64. The smallest absolute Gasteiger partial charge is 0.337 e. The summed E-state index contributed by atoms with van der Waals surface area (Å²) in [5.74, 6) is -1.56. The van der Waals surface area contributed by atoms with Gasteiger partial charge in [-0.2, -0.15) is 5.10 Å². The van der Waals surface area contributed by atoms with E-state index in [-0.39, 0.29) is 0 Å². The number of rotatable bonds is 6. The van der Waals surface area contributed by atoms with Crippen LogP contribution < -0.4 is 10.7 Å². The van der Waals surface area contributed by atoms with Gasteiger partial charge in [-0.25, -0.2) is 10.2 Å². The number of halogens is 2. The Hall–Kier alpha value is -2.90.